The highest BCUT2D eigenvalue weighted by Crippen LogP contribution is 2.13. The number of nitrogens with zero attached hydrogens (tertiary/aromatic N) is 1. The molecule has 0 aliphatic heterocycles. The molecule has 84 valence electrons. The first-order valence-electron chi connectivity index (χ1n) is 5.01. The van der Waals surface area contributed by atoms with Crippen molar-refractivity contribution in [1.82, 2.24) is 4.98 Å². The van der Waals surface area contributed by atoms with Crippen LogP contribution in [0, 0.1) is 5.92 Å². The third-order valence-corrected chi connectivity index (χ3v) is 2.41. The van der Waals surface area contributed by atoms with Crippen LogP contribution in [0.5, 0.6) is 0 Å². The van der Waals surface area contributed by atoms with Gasteiger partial charge in [0.25, 0.3) is 0 Å². The quantitative estimate of drug-likeness (QED) is 0.787. The lowest BCUT2D eigenvalue weighted by molar-refractivity contribution is 0.171. The van der Waals surface area contributed by atoms with Crippen molar-refractivity contribution in [3.05, 3.63) is 23.4 Å². The van der Waals surface area contributed by atoms with Crippen molar-refractivity contribution in [3.8, 4) is 0 Å². The van der Waals surface area contributed by atoms with E-state index in [1.165, 1.54) is 0 Å². The molecule has 15 heavy (non-hydrogen) atoms. The average molecular weight is 229 g/mol. The van der Waals surface area contributed by atoms with Crippen LogP contribution >= 0.6 is 11.6 Å². The molecule has 0 aliphatic rings. The number of rotatable bonds is 5. The minimum Gasteiger partial charge on any atom is -0.383 e. The first-order chi connectivity index (χ1) is 7.13. The molecular weight excluding hydrogens is 212 g/mol. The molecule has 1 rings (SSSR count). The Balaban J connectivity index is 2.65. The fourth-order valence-electron chi connectivity index (χ4n) is 1.26. The van der Waals surface area contributed by atoms with Crippen molar-refractivity contribution < 1.29 is 4.74 Å². The number of hydrogen-bond donors (Lipinski definition) is 1. The summed E-state index contributed by atoms with van der Waals surface area (Å²) in [5.74, 6) is 1.27. The fourth-order valence-corrected chi connectivity index (χ4v) is 1.42. The molecule has 0 saturated heterocycles. The molecule has 0 aliphatic carbocycles. The third-order valence-electron chi connectivity index (χ3n) is 2.20. The SMILES string of the molecule is COCC(Nc1cccc(Cl)n1)C(C)C. The maximum Gasteiger partial charge on any atom is 0.131 e. The Morgan fingerprint density at radius 2 is 2.20 bits per heavy atom. The van der Waals surface area contributed by atoms with Crippen LogP contribution in [0.4, 0.5) is 5.82 Å². The van der Waals surface area contributed by atoms with Gasteiger partial charge in [0, 0.05) is 7.11 Å². The first-order valence-corrected chi connectivity index (χ1v) is 5.39. The number of ether oxygens (including phenoxy) is 1. The van der Waals surface area contributed by atoms with Crippen LogP contribution < -0.4 is 5.32 Å². The second kappa shape index (κ2) is 5.93. The van der Waals surface area contributed by atoms with Crippen LogP contribution in [0.25, 0.3) is 0 Å². The summed E-state index contributed by atoms with van der Waals surface area (Å²) in [6.07, 6.45) is 0. The lowest BCUT2D eigenvalue weighted by Crippen LogP contribution is -2.30. The maximum absolute atomic E-state index is 5.80. The van der Waals surface area contributed by atoms with Crippen molar-refractivity contribution in [3.63, 3.8) is 0 Å². The Morgan fingerprint density at radius 1 is 1.47 bits per heavy atom. The van der Waals surface area contributed by atoms with E-state index in [2.05, 4.69) is 24.1 Å². The summed E-state index contributed by atoms with van der Waals surface area (Å²) in [5, 5.41) is 3.80. The summed E-state index contributed by atoms with van der Waals surface area (Å²) in [6, 6.07) is 5.78. The largest absolute Gasteiger partial charge is 0.383 e. The second-order valence-corrected chi connectivity index (χ2v) is 4.18. The summed E-state index contributed by atoms with van der Waals surface area (Å²) in [6.45, 7) is 4.94. The zero-order valence-corrected chi connectivity index (χ0v) is 10.1. The van der Waals surface area contributed by atoms with Crippen LogP contribution in [0.15, 0.2) is 18.2 Å². The minimum atomic E-state index is 0.251. The summed E-state index contributed by atoms with van der Waals surface area (Å²) < 4.78 is 5.14. The predicted molar refractivity (Wildman–Crippen MR) is 63.4 cm³/mol. The van der Waals surface area contributed by atoms with Gasteiger partial charge in [-0.3, -0.25) is 0 Å². The molecule has 1 atom stereocenters. The summed E-state index contributed by atoms with van der Waals surface area (Å²) in [5.41, 5.74) is 0. The molecular formula is C11H17ClN2O. The van der Waals surface area contributed by atoms with Gasteiger partial charge in [0.1, 0.15) is 11.0 Å². The van der Waals surface area contributed by atoms with Crippen molar-refractivity contribution in [2.75, 3.05) is 19.0 Å². The number of nitrogens with one attached hydrogen (secondary N) is 1. The van der Waals surface area contributed by atoms with Crippen LogP contribution in [-0.2, 0) is 4.74 Å². The van der Waals surface area contributed by atoms with Gasteiger partial charge in [0.15, 0.2) is 0 Å². The zero-order valence-electron chi connectivity index (χ0n) is 9.33. The molecule has 1 aromatic rings. The topological polar surface area (TPSA) is 34.1 Å². The highest BCUT2D eigenvalue weighted by atomic mass is 35.5. The van der Waals surface area contributed by atoms with Crippen molar-refractivity contribution in [2.45, 2.75) is 19.9 Å². The molecule has 1 aromatic heterocycles. The van der Waals surface area contributed by atoms with Crippen LogP contribution in [0.3, 0.4) is 0 Å². The van der Waals surface area contributed by atoms with E-state index in [1.54, 1.807) is 13.2 Å². The average Bonchev–Trinajstić information content (AvgIpc) is 2.17. The molecule has 4 heteroatoms. The number of anilines is 1. The monoisotopic (exact) mass is 228 g/mol. The number of aromatic nitrogens is 1. The van der Waals surface area contributed by atoms with Gasteiger partial charge >= 0.3 is 0 Å². The first kappa shape index (κ1) is 12.3. The Hall–Kier alpha value is -0.800. The molecule has 1 heterocycles. The van der Waals surface area contributed by atoms with Crippen LogP contribution in [0.2, 0.25) is 5.15 Å². The number of methoxy groups -OCH3 is 1. The molecule has 0 amide bonds. The Bertz CT molecular complexity index is 304. The zero-order chi connectivity index (χ0) is 11.3. The molecule has 3 nitrogen and oxygen atoms in total. The third kappa shape index (κ3) is 4.06. The van der Waals surface area contributed by atoms with Crippen LogP contribution in [0.1, 0.15) is 13.8 Å². The van der Waals surface area contributed by atoms with Crippen molar-refractivity contribution in [1.29, 1.82) is 0 Å². The fraction of sp³-hybridized carbons (Fsp3) is 0.545. The molecule has 1 N–H and O–H groups in total. The van der Waals surface area contributed by atoms with E-state index < -0.39 is 0 Å². The maximum atomic E-state index is 5.80. The Kier molecular flexibility index (Phi) is 4.85. The van der Waals surface area contributed by atoms with E-state index in [4.69, 9.17) is 16.3 Å². The van der Waals surface area contributed by atoms with Crippen molar-refractivity contribution in [2.24, 2.45) is 5.92 Å². The van der Waals surface area contributed by atoms with Gasteiger partial charge in [-0.2, -0.15) is 0 Å². The number of pyridine rings is 1. The molecule has 0 spiro atoms. The minimum absolute atomic E-state index is 0.251. The van der Waals surface area contributed by atoms with E-state index in [0.29, 0.717) is 17.7 Å². The van der Waals surface area contributed by atoms with Crippen molar-refractivity contribution >= 4 is 17.4 Å². The van der Waals surface area contributed by atoms with E-state index in [-0.39, 0.29) is 6.04 Å². The van der Waals surface area contributed by atoms with Gasteiger partial charge in [0.05, 0.1) is 12.6 Å². The van der Waals surface area contributed by atoms with E-state index in [0.717, 1.165) is 5.82 Å². The predicted octanol–water partition coefficient (Wildman–Crippen LogP) is 2.82. The van der Waals surface area contributed by atoms with Gasteiger partial charge in [-0.25, -0.2) is 4.98 Å². The number of halogens is 1. The van der Waals surface area contributed by atoms with Gasteiger partial charge in [-0.05, 0) is 18.1 Å². The summed E-state index contributed by atoms with van der Waals surface area (Å²) in [7, 11) is 1.70. The highest BCUT2D eigenvalue weighted by molar-refractivity contribution is 6.29. The van der Waals surface area contributed by atoms with Gasteiger partial charge < -0.3 is 10.1 Å². The molecule has 0 radical (unpaired) electrons. The van der Waals surface area contributed by atoms with Gasteiger partial charge in [0.2, 0.25) is 0 Å². The van der Waals surface area contributed by atoms with Crippen LogP contribution in [-0.4, -0.2) is 24.7 Å². The Labute approximate surface area is 95.8 Å². The summed E-state index contributed by atoms with van der Waals surface area (Å²) >= 11 is 5.80. The molecule has 0 aromatic carbocycles. The highest BCUT2D eigenvalue weighted by Gasteiger charge is 2.13. The van der Waals surface area contributed by atoms with E-state index in [1.807, 2.05) is 12.1 Å². The normalized spacial score (nSPS) is 12.9. The smallest absolute Gasteiger partial charge is 0.131 e. The molecule has 0 bridgehead atoms. The van der Waals surface area contributed by atoms with Gasteiger partial charge in [-0.1, -0.05) is 31.5 Å². The summed E-state index contributed by atoms with van der Waals surface area (Å²) in [4.78, 5) is 4.18. The number of hydrogen-bond acceptors (Lipinski definition) is 3. The second-order valence-electron chi connectivity index (χ2n) is 3.80. The lowest BCUT2D eigenvalue weighted by Gasteiger charge is -2.22. The lowest BCUT2D eigenvalue weighted by atomic mass is 10.1. The van der Waals surface area contributed by atoms with E-state index in [9.17, 15) is 0 Å². The Morgan fingerprint density at radius 3 is 2.73 bits per heavy atom. The standard InChI is InChI=1S/C11H17ClN2O/c1-8(2)9(7-15-3)13-11-6-4-5-10(12)14-11/h4-6,8-9H,7H2,1-3H3,(H,13,14). The molecule has 1 unspecified atom stereocenters. The molecule has 0 saturated carbocycles. The molecule has 0 fully saturated rings. The van der Waals surface area contributed by atoms with E-state index >= 15 is 0 Å². The van der Waals surface area contributed by atoms with Gasteiger partial charge in [-0.15, -0.1) is 0 Å².